The van der Waals surface area contributed by atoms with E-state index in [0.717, 1.165) is 11.8 Å². The molecule has 1 N–H and O–H groups in total. The van der Waals surface area contributed by atoms with Crippen molar-refractivity contribution in [2.24, 2.45) is 5.92 Å². The fraction of sp³-hybridized carbons (Fsp3) is 0.667. The molecule has 0 aromatic rings. The number of carbonyl (C=O) groups excluding carboxylic acids is 3. The van der Waals surface area contributed by atoms with E-state index in [-0.39, 0.29) is 70.6 Å². The number of carboxylic acid groups (broad SMARTS) is 2. The van der Waals surface area contributed by atoms with Crippen LogP contribution in [0.2, 0.25) is 0 Å². The molecule has 1 amide bonds. The second kappa shape index (κ2) is 12.8. The normalized spacial score (nSPS) is 12.3. The molecule has 0 rings (SSSR count). The van der Waals surface area contributed by atoms with Crippen LogP contribution in [0.1, 0.15) is 13.8 Å². The van der Waals surface area contributed by atoms with Crippen molar-refractivity contribution in [3.8, 4) is 0 Å². The Bertz CT molecular complexity index is 290. The molecule has 18 heavy (non-hydrogen) atoms. The van der Waals surface area contributed by atoms with Crippen LogP contribution in [0.3, 0.4) is 0 Å². The van der Waals surface area contributed by atoms with Crippen LogP contribution >= 0.6 is 11.8 Å². The second-order valence-corrected chi connectivity index (χ2v) is 4.40. The van der Waals surface area contributed by atoms with Gasteiger partial charge in [0.05, 0.1) is 12.0 Å². The first kappa shape index (κ1) is 23.8. The van der Waals surface area contributed by atoms with Crippen LogP contribution in [0.5, 0.6) is 0 Å². The molecule has 0 radical (unpaired) electrons. The number of hydrogen-bond donors (Lipinski definition) is 1. The summed E-state index contributed by atoms with van der Waals surface area (Å²) in [5.74, 6) is -3.40. The van der Waals surface area contributed by atoms with Gasteiger partial charge in [-0.2, -0.15) is 11.8 Å². The van der Waals surface area contributed by atoms with Gasteiger partial charge < -0.3 is 25.1 Å². The Morgan fingerprint density at radius 2 is 1.61 bits per heavy atom. The zero-order chi connectivity index (χ0) is 12.7. The predicted molar refractivity (Wildman–Crippen MR) is 54.1 cm³/mol. The second-order valence-electron chi connectivity index (χ2n) is 3.33. The summed E-state index contributed by atoms with van der Waals surface area (Å²) in [6, 6.07) is -1.10. The number of thioether (sulfide) groups is 1. The van der Waals surface area contributed by atoms with Gasteiger partial charge in [-0.15, -0.1) is 0 Å². The third kappa shape index (κ3) is 11.8. The van der Waals surface area contributed by atoms with Crippen LogP contribution in [0.15, 0.2) is 0 Å². The van der Waals surface area contributed by atoms with E-state index >= 15 is 0 Å². The molecule has 1 unspecified atom stereocenters. The molecule has 6 nitrogen and oxygen atoms in total. The maximum absolute atomic E-state index is 10.6. The molecule has 0 saturated carbocycles. The molecule has 92 valence electrons. The van der Waals surface area contributed by atoms with E-state index in [9.17, 15) is 24.6 Å². The van der Waals surface area contributed by atoms with Gasteiger partial charge in [-0.1, -0.05) is 6.92 Å². The first-order chi connectivity index (χ1) is 7.34. The van der Waals surface area contributed by atoms with Crippen molar-refractivity contribution in [2.75, 3.05) is 11.5 Å². The average molecular weight is 293 g/mol. The minimum absolute atomic E-state index is 0. The van der Waals surface area contributed by atoms with Crippen molar-refractivity contribution in [2.45, 2.75) is 19.9 Å². The van der Waals surface area contributed by atoms with E-state index in [4.69, 9.17) is 0 Å². The summed E-state index contributed by atoms with van der Waals surface area (Å²) in [7, 11) is 0. The van der Waals surface area contributed by atoms with Crippen LogP contribution in [0.25, 0.3) is 0 Å². The number of amides is 1. The molecule has 2 atom stereocenters. The molecule has 9 heteroatoms. The zero-order valence-corrected chi connectivity index (χ0v) is 15.8. The number of nitrogens with one attached hydrogen (secondary N) is 1. The van der Waals surface area contributed by atoms with Crippen LogP contribution < -0.4 is 74.6 Å². The molecular weight excluding hydrogens is 280 g/mol. The summed E-state index contributed by atoms with van der Waals surface area (Å²) in [6.07, 6.45) is 0. The van der Waals surface area contributed by atoms with E-state index in [0.29, 0.717) is 0 Å². The van der Waals surface area contributed by atoms with E-state index in [1.165, 1.54) is 13.8 Å². The molecule has 0 saturated heterocycles. The maximum Gasteiger partial charge on any atom is 1.00 e. The Hall–Kier alpha value is 0.760. The monoisotopic (exact) mass is 293 g/mol. The van der Waals surface area contributed by atoms with Crippen LogP contribution in [-0.4, -0.2) is 35.4 Å². The van der Waals surface area contributed by atoms with Crippen molar-refractivity contribution in [3.63, 3.8) is 0 Å². The Morgan fingerprint density at radius 3 is 1.94 bits per heavy atom. The van der Waals surface area contributed by atoms with Gasteiger partial charge >= 0.3 is 59.1 Å². The van der Waals surface area contributed by atoms with Gasteiger partial charge in [0, 0.05) is 30.3 Å². The first-order valence-electron chi connectivity index (χ1n) is 4.61. The van der Waals surface area contributed by atoms with E-state index in [1.807, 2.05) is 0 Å². The van der Waals surface area contributed by atoms with Crippen molar-refractivity contribution >= 4 is 29.6 Å². The maximum atomic E-state index is 10.6. The minimum Gasteiger partial charge on any atom is -0.550 e. The molecule has 0 aromatic carbocycles. The van der Waals surface area contributed by atoms with Gasteiger partial charge in [0.25, 0.3) is 0 Å². The molecule has 0 heterocycles. The third-order valence-corrected chi connectivity index (χ3v) is 3.02. The first-order valence-corrected chi connectivity index (χ1v) is 5.76. The Morgan fingerprint density at radius 1 is 1.11 bits per heavy atom. The fourth-order valence-corrected chi connectivity index (χ4v) is 1.93. The third-order valence-electron chi connectivity index (χ3n) is 1.72. The van der Waals surface area contributed by atoms with E-state index in [2.05, 4.69) is 5.32 Å². The number of hydrogen-bond acceptors (Lipinski definition) is 6. The van der Waals surface area contributed by atoms with Crippen molar-refractivity contribution in [1.29, 1.82) is 0 Å². The van der Waals surface area contributed by atoms with Gasteiger partial charge in [0.1, 0.15) is 0 Å². The summed E-state index contributed by atoms with van der Waals surface area (Å²) < 4.78 is 0. The van der Waals surface area contributed by atoms with Crippen LogP contribution in [0, 0.1) is 5.92 Å². The van der Waals surface area contributed by atoms with Crippen molar-refractivity contribution in [3.05, 3.63) is 0 Å². The summed E-state index contributed by atoms with van der Waals surface area (Å²) in [6.45, 7) is 2.67. The summed E-state index contributed by atoms with van der Waals surface area (Å²) in [4.78, 5) is 31.6. The molecule has 0 aliphatic rings. The summed E-state index contributed by atoms with van der Waals surface area (Å²) in [5, 5.41) is 23.1. The quantitative estimate of drug-likeness (QED) is 0.467. The number of carbonyl (C=O) groups is 3. The molecule has 0 aliphatic heterocycles. The Labute approximate surface area is 154 Å². The van der Waals surface area contributed by atoms with Crippen molar-refractivity contribution < 1.29 is 83.7 Å². The van der Waals surface area contributed by atoms with Crippen LogP contribution in [-0.2, 0) is 14.4 Å². The Balaban J connectivity index is -0.00000112. The molecule has 0 spiro atoms. The molecule has 0 fully saturated rings. The smallest absolute Gasteiger partial charge is 0.550 e. The number of aliphatic carboxylic acids is 2. The predicted octanol–water partition coefficient (Wildman–Crippen LogP) is -8.63. The molecule has 0 aliphatic carbocycles. The topological polar surface area (TPSA) is 109 Å². The molecular formula is C9H13NNa2O5S. The van der Waals surface area contributed by atoms with E-state index in [1.54, 1.807) is 0 Å². The molecule has 0 bridgehead atoms. The summed E-state index contributed by atoms with van der Waals surface area (Å²) in [5.41, 5.74) is 0. The van der Waals surface area contributed by atoms with Gasteiger partial charge in [-0.25, -0.2) is 0 Å². The zero-order valence-electron chi connectivity index (χ0n) is 11.0. The molecule has 0 aromatic heterocycles. The SMILES string of the molecule is CC(=O)N[C@@H](CSCC(C)C(=O)[O-])C(=O)[O-].[Na+].[Na+]. The minimum atomic E-state index is -1.39. The van der Waals surface area contributed by atoms with Crippen molar-refractivity contribution in [1.82, 2.24) is 5.32 Å². The van der Waals surface area contributed by atoms with Gasteiger partial charge in [0.15, 0.2) is 0 Å². The number of rotatable bonds is 7. The van der Waals surface area contributed by atoms with Crippen LogP contribution in [0.4, 0.5) is 0 Å². The standard InChI is InChI=1S/C9H15NO5S.2Na/c1-5(8(12)13)3-16-4-7(9(14)15)10-6(2)11;;/h5,7H,3-4H2,1-2H3,(H,10,11)(H,12,13)(H,14,15);;/q;2*+1/p-2/t5?,7-;;/m0../s1. The van der Waals surface area contributed by atoms with E-state index < -0.39 is 29.8 Å². The average Bonchev–Trinajstić information content (AvgIpc) is 2.14. The van der Waals surface area contributed by atoms with Gasteiger partial charge in [0.2, 0.25) is 5.91 Å². The fourth-order valence-electron chi connectivity index (χ4n) is 0.845. The largest absolute Gasteiger partial charge is 1.00 e. The van der Waals surface area contributed by atoms with Gasteiger partial charge in [-0.05, 0) is 0 Å². The Kier molecular flexibility index (Phi) is 16.9. The number of carboxylic acids is 2. The van der Waals surface area contributed by atoms with Gasteiger partial charge in [-0.3, -0.25) is 4.79 Å². The summed E-state index contributed by atoms with van der Waals surface area (Å²) >= 11 is 1.11.